The van der Waals surface area contributed by atoms with Crippen molar-refractivity contribution in [2.75, 3.05) is 31.5 Å². The molecular weight excluding hydrogens is 426 g/mol. The Kier molecular flexibility index (Phi) is 6.22. The Morgan fingerprint density at radius 1 is 1.09 bits per heavy atom. The van der Waals surface area contributed by atoms with Crippen LogP contribution in [0.1, 0.15) is 29.9 Å². The molecule has 1 N–H and O–H groups in total. The van der Waals surface area contributed by atoms with Gasteiger partial charge in [-0.2, -0.15) is 0 Å². The number of nitrogens with zero attached hydrogens (tertiary/aromatic N) is 4. The lowest BCUT2D eigenvalue weighted by Crippen LogP contribution is -2.51. The first kappa shape index (κ1) is 22.3. The fraction of sp³-hybridized carbons (Fsp3) is 0.375. The van der Waals surface area contributed by atoms with Crippen LogP contribution < -0.4 is 10.9 Å². The Hall–Kier alpha value is -2.90. The van der Waals surface area contributed by atoms with E-state index < -0.39 is 0 Å². The zero-order valence-electron chi connectivity index (χ0n) is 18.9. The molecule has 3 aromatic rings. The van der Waals surface area contributed by atoms with E-state index in [9.17, 15) is 9.59 Å². The molecule has 2 amide bonds. The molecule has 168 valence electrons. The number of halogens is 1. The van der Waals surface area contributed by atoms with Crippen molar-refractivity contribution in [1.29, 1.82) is 0 Å². The summed E-state index contributed by atoms with van der Waals surface area (Å²) in [5, 5.41) is 4.10. The minimum Gasteiger partial charge on any atom is -0.322 e. The molecule has 1 aromatic heterocycles. The largest absolute Gasteiger partial charge is 0.322 e. The Morgan fingerprint density at radius 2 is 1.75 bits per heavy atom. The van der Waals surface area contributed by atoms with Crippen LogP contribution in [0.15, 0.2) is 41.2 Å². The van der Waals surface area contributed by atoms with Crippen molar-refractivity contribution in [2.24, 2.45) is 7.05 Å². The first-order valence-corrected chi connectivity index (χ1v) is 11.2. The van der Waals surface area contributed by atoms with E-state index in [1.54, 1.807) is 29.8 Å². The maximum absolute atomic E-state index is 12.8. The van der Waals surface area contributed by atoms with Crippen LogP contribution in [0.25, 0.3) is 10.9 Å². The number of hydrogen-bond acceptors (Lipinski definition) is 4. The number of hydrogen-bond donors (Lipinski definition) is 1. The van der Waals surface area contributed by atoms with Crippen molar-refractivity contribution in [3.63, 3.8) is 0 Å². The number of rotatable bonds is 3. The maximum atomic E-state index is 12.8. The van der Waals surface area contributed by atoms with Crippen LogP contribution in [-0.2, 0) is 7.05 Å². The predicted octanol–water partition coefficient (Wildman–Crippen LogP) is 4.11. The van der Waals surface area contributed by atoms with Crippen molar-refractivity contribution in [3.8, 4) is 0 Å². The van der Waals surface area contributed by atoms with Crippen LogP contribution in [0.5, 0.6) is 0 Å². The van der Waals surface area contributed by atoms with Gasteiger partial charge in [-0.1, -0.05) is 29.8 Å². The molecule has 1 aliphatic heterocycles. The van der Waals surface area contributed by atoms with Gasteiger partial charge in [0.1, 0.15) is 5.82 Å². The third-order valence-electron chi connectivity index (χ3n) is 6.31. The summed E-state index contributed by atoms with van der Waals surface area (Å²) >= 11 is 6.05. The summed E-state index contributed by atoms with van der Waals surface area (Å²) in [7, 11) is 1.75. The van der Waals surface area contributed by atoms with Gasteiger partial charge in [-0.15, -0.1) is 0 Å². The fourth-order valence-electron chi connectivity index (χ4n) is 4.31. The zero-order chi connectivity index (χ0) is 23.0. The molecule has 1 fully saturated rings. The van der Waals surface area contributed by atoms with Crippen LogP contribution in [0.4, 0.5) is 10.5 Å². The van der Waals surface area contributed by atoms with Gasteiger partial charge in [-0.3, -0.25) is 14.3 Å². The summed E-state index contributed by atoms with van der Waals surface area (Å²) in [5.74, 6) is 0.707. The Labute approximate surface area is 192 Å². The molecular formula is C24H28ClN5O2. The number of urea groups is 1. The topological polar surface area (TPSA) is 70.5 Å². The van der Waals surface area contributed by atoms with E-state index >= 15 is 0 Å². The molecule has 4 rings (SSSR count). The van der Waals surface area contributed by atoms with Crippen molar-refractivity contribution in [2.45, 2.75) is 26.8 Å². The average Bonchev–Trinajstić information content (AvgIpc) is 2.78. The number of aromatic nitrogens is 2. The van der Waals surface area contributed by atoms with Gasteiger partial charge >= 0.3 is 6.03 Å². The number of piperazine rings is 1. The zero-order valence-corrected chi connectivity index (χ0v) is 19.6. The number of anilines is 1. The molecule has 0 saturated carbocycles. The summed E-state index contributed by atoms with van der Waals surface area (Å²) in [5.41, 5.74) is 3.52. The van der Waals surface area contributed by atoms with E-state index in [-0.39, 0.29) is 17.6 Å². The lowest BCUT2D eigenvalue weighted by molar-refractivity contribution is 0.114. The number of amides is 2. The minimum atomic E-state index is -0.106. The molecule has 2 heterocycles. The van der Waals surface area contributed by atoms with Gasteiger partial charge in [0.05, 0.1) is 16.9 Å². The second-order valence-corrected chi connectivity index (χ2v) is 8.83. The lowest BCUT2D eigenvalue weighted by Gasteiger charge is -2.38. The van der Waals surface area contributed by atoms with E-state index in [2.05, 4.69) is 17.1 Å². The van der Waals surface area contributed by atoms with Crippen molar-refractivity contribution in [1.82, 2.24) is 19.4 Å². The first-order chi connectivity index (χ1) is 15.3. The van der Waals surface area contributed by atoms with Crippen molar-refractivity contribution < 1.29 is 4.79 Å². The average molecular weight is 454 g/mol. The smallest absolute Gasteiger partial charge is 0.321 e. The van der Waals surface area contributed by atoms with Gasteiger partial charge in [0.15, 0.2) is 0 Å². The van der Waals surface area contributed by atoms with Crippen molar-refractivity contribution >= 4 is 34.2 Å². The summed E-state index contributed by atoms with van der Waals surface area (Å²) < 4.78 is 1.60. The van der Waals surface area contributed by atoms with Crippen molar-refractivity contribution in [3.05, 3.63) is 68.7 Å². The molecule has 1 atom stereocenters. The van der Waals surface area contributed by atoms with E-state index in [0.29, 0.717) is 47.9 Å². The molecule has 2 aromatic carbocycles. The molecule has 0 spiro atoms. The van der Waals surface area contributed by atoms with Gasteiger partial charge < -0.3 is 10.2 Å². The highest BCUT2D eigenvalue weighted by atomic mass is 35.5. The number of fused-ring (bicyclic) bond motifs is 1. The quantitative estimate of drug-likeness (QED) is 0.647. The summed E-state index contributed by atoms with van der Waals surface area (Å²) in [6.07, 6.45) is 0. The first-order valence-electron chi connectivity index (χ1n) is 10.8. The van der Waals surface area contributed by atoms with E-state index in [1.165, 1.54) is 0 Å². The number of carbonyl (C=O) groups is 1. The van der Waals surface area contributed by atoms with Crippen LogP contribution in [0, 0.1) is 13.8 Å². The Bertz CT molecular complexity index is 1210. The Balaban J connectivity index is 1.46. The van der Waals surface area contributed by atoms with Crippen LogP contribution in [-0.4, -0.2) is 51.6 Å². The van der Waals surface area contributed by atoms with E-state index in [4.69, 9.17) is 16.6 Å². The highest BCUT2D eigenvalue weighted by Gasteiger charge is 2.27. The lowest BCUT2D eigenvalue weighted by atomic mass is 10.1. The third-order valence-corrected chi connectivity index (χ3v) is 6.54. The highest BCUT2D eigenvalue weighted by Crippen LogP contribution is 2.23. The molecule has 32 heavy (non-hydrogen) atoms. The summed E-state index contributed by atoms with van der Waals surface area (Å²) in [6.45, 7) is 8.67. The second kappa shape index (κ2) is 8.92. The number of benzene rings is 2. The maximum Gasteiger partial charge on any atom is 0.321 e. The van der Waals surface area contributed by atoms with E-state index in [0.717, 1.165) is 16.8 Å². The molecule has 7 nitrogen and oxygen atoms in total. The molecule has 0 radical (unpaired) electrons. The predicted molar refractivity (Wildman–Crippen MR) is 128 cm³/mol. The number of aryl methyl sites for hydroxylation is 2. The van der Waals surface area contributed by atoms with Gasteiger partial charge in [0.2, 0.25) is 0 Å². The summed E-state index contributed by atoms with van der Waals surface area (Å²) in [6, 6.07) is 11.0. The highest BCUT2D eigenvalue weighted by molar-refractivity contribution is 6.31. The summed E-state index contributed by atoms with van der Waals surface area (Å²) in [4.78, 5) is 34.5. The standard InChI is InChI=1S/C24H28ClN5O2/c1-15-6-5-7-16(2)21(15)27-24(32)30-12-10-29(11-13-30)17(3)22-26-20-9-8-18(25)14-19(20)23(31)28(22)4/h5-9,14,17H,10-13H2,1-4H3,(H,27,32). The normalized spacial score (nSPS) is 15.7. The molecule has 1 aliphatic rings. The van der Waals surface area contributed by atoms with Gasteiger partial charge in [-0.05, 0) is 50.1 Å². The molecule has 8 heteroatoms. The molecule has 0 bridgehead atoms. The van der Waals surface area contributed by atoms with Crippen LogP contribution in [0.2, 0.25) is 5.02 Å². The number of carbonyl (C=O) groups excluding carboxylic acids is 1. The van der Waals surface area contributed by atoms with Crippen LogP contribution in [0.3, 0.4) is 0 Å². The SMILES string of the molecule is Cc1cccc(C)c1NC(=O)N1CCN(C(C)c2nc3ccc(Cl)cc3c(=O)n2C)CC1. The monoisotopic (exact) mass is 453 g/mol. The number of para-hydroxylation sites is 1. The van der Waals surface area contributed by atoms with Gasteiger partial charge in [-0.25, -0.2) is 9.78 Å². The van der Waals surface area contributed by atoms with Gasteiger partial charge in [0.25, 0.3) is 5.56 Å². The molecule has 1 saturated heterocycles. The fourth-order valence-corrected chi connectivity index (χ4v) is 4.48. The van der Waals surface area contributed by atoms with E-state index in [1.807, 2.05) is 36.9 Å². The van der Waals surface area contributed by atoms with Crippen LogP contribution >= 0.6 is 11.6 Å². The number of nitrogens with one attached hydrogen (secondary N) is 1. The Morgan fingerprint density at radius 3 is 2.41 bits per heavy atom. The van der Waals surface area contributed by atoms with Gasteiger partial charge in [0, 0.05) is 43.9 Å². The molecule has 0 aliphatic carbocycles. The second-order valence-electron chi connectivity index (χ2n) is 8.39. The minimum absolute atomic E-state index is 0.0587. The molecule has 1 unspecified atom stereocenters. The third kappa shape index (κ3) is 4.23.